The van der Waals surface area contributed by atoms with E-state index in [1.54, 1.807) is 13.3 Å². The first kappa shape index (κ1) is 14.6. The second-order valence-electron chi connectivity index (χ2n) is 5.78. The summed E-state index contributed by atoms with van der Waals surface area (Å²) in [5.41, 5.74) is 1.58. The van der Waals surface area contributed by atoms with Crippen molar-refractivity contribution in [3.05, 3.63) is 47.8 Å². The van der Waals surface area contributed by atoms with Crippen LogP contribution in [-0.2, 0) is 16.8 Å². The van der Waals surface area contributed by atoms with Gasteiger partial charge in [-0.2, -0.15) is 5.10 Å². The van der Waals surface area contributed by atoms with E-state index in [0.29, 0.717) is 6.54 Å². The molecule has 116 valence electrons. The molecule has 1 fully saturated rings. The Morgan fingerprint density at radius 1 is 1.27 bits per heavy atom. The van der Waals surface area contributed by atoms with Crippen LogP contribution >= 0.6 is 0 Å². The molecule has 1 heterocycles. The zero-order valence-corrected chi connectivity index (χ0v) is 12.8. The van der Waals surface area contributed by atoms with Crippen LogP contribution in [0.25, 0.3) is 0 Å². The fourth-order valence-corrected chi connectivity index (χ4v) is 3.26. The number of hydrogen-bond acceptors (Lipinski definition) is 3. The van der Waals surface area contributed by atoms with Crippen molar-refractivity contribution in [1.29, 1.82) is 0 Å². The Hall–Kier alpha value is -2.30. The molecule has 0 radical (unpaired) electrons. The van der Waals surface area contributed by atoms with E-state index in [0.717, 1.165) is 42.7 Å². The number of carbonyl (C=O) groups is 1. The van der Waals surface area contributed by atoms with Crippen molar-refractivity contribution in [3.63, 3.8) is 0 Å². The lowest BCUT2D eigenvalue weighted by atomic mass is 9.78. The Labute approximate surface area is 130 Å². The molecule has 2 N–H and O–H groups in total. The van der Waals surface area contributed by atoms with Gasteiger partial charge in [0.25, 0.3) is 0 Å². The number of amides is 1. The van der Waals surface area contributed by atoms with Gasteiger partial charge in [0.1, 0.15) is 5.75 Å². The molecule has 22 heavy (non-hydrogen) atoms. The molecule has 2 aromatic rings. The Morgan fingerprint density at radius 3 is 2.59 bits per heavy atom. The summed E-state index contributed by atoms with van der Waals surface area (Å²) in [6.07, 6.45) is 5.66. The monoisotopic (exact) mass is 299 g/mol. The van der Waals surface area contributed by atoms with Gasteiger partial charge < -0.3 is 10.1 Å². The van der Waals surface area contributed by atoms with Crippen LogP contribution in [0.2, 0.25) is 0 Å². The molecule has 0 bridgehead atoms. The first-order chi connectivity index (χ1) is 10.7. The molecule has 3 rings (SSSR count). The average Bonchev–Trinajstić information content (AvgIpc) is 3.25. The minimum atomic E-state index is -0.410. The van der Waals surface area contributed by atoms with E-state index in [1.165, 1.54) is 0 Å². The van der Waals surface area contributed by atoms with Gasteiger partial charge in [0.05, 0.1) is 24.8 Å². The third-order valence-corrected chi connectivity index (χ3v) is 4.53. The lowest BCUT2D eigenvalue weighted by molar-refractivity contribution is -0.126. The van der Waals surface area contributed by atoms with E-state index < -0.39 is 5.41 Å². The van der Waals surface area contributed by atoms with E-state index >= 15 is 0 Å². The van der Waals surface area contributed by atoms with Crippen LogP contribution in [0.5, 0.6) is 5.75 Å². The van der Waals surface area contributed by atoms with E-state index in [1.807, 2.05) is 30.3 Å². The van der Waals surface area contributed by atoms with Crippen molar-refractivity contribution in [3.8, 4) is 5.75 Å². The second-order valence-corrected chi connectivity index (χ2v) is 5.78. The van der Waals surface area contributed by atoms with Crippen molar-refractivity contribution in [2.75, 3.05) is 7.11 Å². The summed E-state index contributed by atoms with van der Waals surface area (Å²) < 4.78 is 5.21. The summed E-state index contributed by atoms with van der Waals surface area (Å²) in [5, 5.41) is 9.82. The molecule has 1 aliphatic carbocycles. The third-order valence-electron chi connectivity index (χ3n) is 4.53. The van der Waals surface area contributed by atoms with Gasteiger partial charge in [0.2, 0.25) is 5.91 Å². The van der Waals surface area contributed by atoms with Gasteiger partial charge in [-0.25, -0.2) is 0 Å². The fourth-order valence-electron chi connectivity index (χ4n) is 3.26. The number of hydrogen-bond donors (Lipinski definition) is 2. The molecular weight excluding hydrogens is 278 g/mol. The van der Waals surface area contributed by atoms with Gasteiger partial charge in [-0.3, -0.25) is 9.89 Å². The molecule has 1 amide bonds. The molecule has 0 aliphatic heterocycles. The molecule has 5 heteroatoms. The Balaban J connectivity index is 1.79. The largest absolute Gasteiger partial charge is 0.497 e. The summed E-state index contributed by atoms with van der Waals surface area (Å²) in [6.45, 7) is 0.483. The van der Waals surface area contributed by atoms with Crippen LogP contribution in [0.1, 0.15) is 36.9 Å². The van der Waals surface area contributed by atoms with Crippen molar-refractivity contribution in [2.45, 2.75) is 37.6 Å². The lowest BCUT2D eigenvalue weighted by Crippen LogP contribution is -2.42. The van der Waals surface area contributed by atoms with E-state index in [2.05, 4.69) is 15.5 Å². The average molecular weight is 299 g/mol. The molecule has 0 unspecified atom stereocenters. The van der Waals surface area contributed by atoms with Crippen LogP contribution in [0.4, 0.5) is 0 Å². The normalized spacial score (nSPS) is 16.4. The Morgan fingerprint density at radius 2 is 2.00 bits per heavy atom. The smallest absolute Gasteiger partial charge is 0.230 e. The molecule has 1 aromatic carbocycles. The molecule has 5 nitrogen and oxygen atoms in total. The molecular formula is C17H21N3O2. The molecule has 1 aromatic heterocycles. The number of methoxy groups -OCH3 is 1. The maximum Gasteiger partial charge on any atom is 0.230 e. The maximum atomic E-state index is 12.8. The molecule has 1 saturated carbocycles. The minimum Gasteiger partial charge on any atom is -0.497 e. The predicted molar refractivity (Wildman–Crippen MR) is 83.6 cm³/mol. The van der Waals surface area contributed by atoms with Crippen molar-refractivity contribution >= 4 is 5.91 Å². The first-order valence-corrected chi connectivity index (χ1v) is 7.66. The zero-order chi connectivity index (χ0) is 15.4. The van der Waals surface area contributed by atoms with Crippen molar-refractivity contribution in [2.24, 2.45) is 0 Å². The van der Waals surface area contributed by atoms with Crippen LogP contribution in [0, 0.1) is 0 Å². The quantitative estimate of drug-likeness (QED) is 0.891. The van der Waals surface area contributed by atoms with Crippen LogP contribution in [0.3, 0.4) is 0 Å². The number of aromatic nitrogens is 2. The van der Waals surface area contributed by atoms with E-state index in [4.69, 9.17) is 4.74 Å². The Kier molecular flexibility index (Phi) is 4.13. The van der Waals surface area contributed by atoms with Crippen molar-refractivity contribution < 1.29 is 9.53 Å². The highest BCUT2D eigenvalue weighted by atomic mass is 16.5. The molecule has 0 saturated heterocycles. The number of nitrogens with zero attached hydrogens (tertiary/aromatic N) is 1. The van der Waals surface area contributed by atoms with Gasteiger partial charge in [0, 0.05) is 6.20 Å². The number of aromatic amines is 1. The first-order valence-electron chi connectivity index (χ1n) is 7.66. The van der Waals surface area contributed by atoms with Gasteiger partial charge in [0.15, 0.2) is 0 Å². The number of carbonyl (C=O) groups excluding carboxylic acids is 1. The lowest BCUT2D eigenvalue weighted by Gasteiger charge is -2.28. The fraction of sp³-hybridized carbons (Fsp3) is 0.412. The highest BCUT2D eigenvalue weighted by Crippen LogP contribution is 2.41. The van der Waals surface area contributed by atoms with Gasteiger partial charge in [-0.15, -0.1) is 0 Å². The predicted octanol–water partition coefficient (Wildman–Crippen LogP) is 2.55. The molecule has 0 spiro atoms. The summed E-state index contributed by atoms with van der Waals surface area (Å²) in [6, 6.07) is 9.75. The van der Waals surface area contributed by atoms with Crippen LogP contribution in [0.15, 0.2) is 36.5 Å². The minimum absolute atomic E-state index is 0.102. The Bertz CT molecular complexity index is 614. The number of ether oxygens (including phenoxy) is 1. The maximum absolute atomic E-state index is 12.8. The van der Waals surface area contributed by atoms with Crippen LogP contribution in [-0.4, -0.2) is 23.2 Å². The third kappa shape index (κ3) is 2.71. The SMILES string of the molecule is COc1ccc(C2(C(=O)NCc3ccn[nH]3)CCCC2)cc1. The number of rotatable bonds is 5. The number of H-pyrrole nitrogens is 1. The van der Waals surface area contributed by atoms with Gasteiger partial charge >= 0.3 is 0 Å². The van der Waals surface area contributed by atoms with Gasteiger partial charge in [-0.05, 0) is 36.6 Å². The summed E-state index contributed by atoms with van der Waals surface area (Å²) in [4.78, 5) is 12.8. The number of nitrogens with one attached hydrogen (secondary N) is 2. The standard InChI is InChI=1S/C17H21N3O2/c1-22-15-6-4-13(5-7-15)17(9-2-3-10-17)16(21)18-12-14-8-11-19-20-14/h4-8,11H,2-3,9-10,12H2,1H3,(H,18,21)(H,19,20). The van der Waals surface area contributed by atoms with E-state index in [-0.39, 0.29) is 5.91 Å². The molecule has 1 aliphatic rings. The zero-order valence-electron chi connectivity index (χ0n) is 12.8. The highest BCUT2D eigenvalue weighted by Gasteiger charge is 2.42. The van der Waals surface area contributed by atoms with E-state index in [9.17, 15) is 4.79 Å². The summed E-state index contributed by atoms with van der Waals surface area (Å²) in [7, 11) is 1.65. The topological polar surface area (TPSA) is 67.0 Å². The summed E-state index contributed by atoms with van der Waals surface area (Å²) >= 11 is 0. The second kappa shape index (κ2) is 6.22. The number of benzene rings is 1. The van der Waals surface area contributed by atoms with Crippen LogP contribution < -0.4 is 10.1 Å². The highest BCUT2D eigenvalue weighted by molar-refractivity contribution is 5.88. The molecule has 0 atom stereocenters. The summed E-state index contributed by atoms with van der Waals surface area (Å²) in [5.74, 6) is 0.916. The van der Waals surface area contributed by atoms with Gasteiger partial charge in [-0.1, -0.05) is 25.0 Å². The van der Waals surface area contributed by atoms with Crippen molar-refractivity contribution in [1.82, 2.24) is 15.5 Å².